The van der Waals surface area contributed by atoms with E-state index < -0.39 is 0 Å². The van der Waals surface area contributed by atoms with Crippen LogP contribution in [-0.2, 0) is 20.7 Å². The van der Waals surface area contributed by atoms with E-state index in [4.69, 9.17) is 4.74 Å². The van der Waals surface area contributed by atoms with Crippen molar-refractivity contribution in [2.24, 2.45) is 0 Å². The molecule has 0 unspecified atom stereocenters. The van der Waals surface area contributed by atoms with Crippen LogP contribution < -0.4 is 10.6 Å². The Hall–Kier alpha value is -2.22. The highest BCUT2D eigenvalue weighted by Gasteiger charge is 2.14. The summed E-state index contributed by atoms with van der Waals surface area (Å²) in [5, 5.41) is 5.74. The Balaban J connectivity index is 1.47. The smallest absolute Gasteiger partial charge is 0.238 e. The Morgan fingerprint density at radius 3 is 2.04 bits per heavy atom. The summed E-state index contributed by atoms with van der Waals surface area (Å²) in [6, 6.07) is 14.8. The topological polar surface area (TPSA) is 70.7 Å². The fraction of sp³-hybridized carbons (Fsp3) is 0.300. The molecule has 1 heterocycles. The van der Waals surface area contributed by atoms with E-state index >= 15 is 0 Å². The number of carbonyl (C=O) groups excluding carboxylic acids is 2. The van der Waals surface area contributed by atoms with Gasteiger partial charge in [0.15, 0.2) is 0 Å². The highest BCUT2D eigenvalue weighted by atomic mass is 79.9. The Kier molecular flexibility index (Phi) is 6.98. The summed E-state index contributed by atoms with van der Waals surface area (Å²) in [6.07, 6.45) is 0.311. The molecule has 2 N–H and O–H groups in total. The van der Waals surface area contributed by atoms with Crippen molar-refractivity contribution in [2.45, 2.75) is 6.42 Å². The minimum Gasteiger partial charge on any atom is -0.379 e. The number of morpholine rings is 1. The number of halogens is 1. The summed E-state index contributed by atoms with van der Waals surface area (Å²) < 4.78 is 6.26. The minimum absolute atomic E-state index is 0.0519. The molecule has 2 amide bonds. The molecule has 0 aliphatic carbocycles. The van der Waals surface area contributed by atoms with Crippen LogP contribution in [0.25, 0.3) is 0 Å². The molecule has 0 bridgehead atoms. The molecule has 7 heteroatoms. The summed E-state index contributed by atoms with van der Waals surface area (Å²) >= 11 is 3.38. The fourth-order valence-electron chi connectivity index (χ4n) is 2.79. The average Bonchev–Trinajstić information content (AvgIpc) is 2.66. The van der Waals surface area contributed by atoms with E-state index in [-0.39, 0.29) is 11.8 Å². The SMILES string of the molecule is O=C(Cc1ccc(Br)cc1)Nc1ccc(NC(=O)CN2CCOCC2)cc1. The van der Waals surface area contributed by atoms with E-state index in [1.807, 2.05) is 24.3 Å². The number of hydrogen-bond donors (Lipinski definition) is 2. The van der Waals surface area contributed by atoms with Gasteiger partial charge in [0, 0.05) is 28.9 Å². The third kappa shape index (κ3) is 6.46. The Morgan fingerprint density at radius 1 is 0.889 bits per heavy atom. The van der Waals surface area contributed by atoms with Crippen LogP contribution >= 0.6 is 15.9 Å². The maximum atomic E-state index is 12.1. The van der Waals surface area contributed by atoms with Crippen molar-refractivity contribution in [2.75, 3.05) is 43.5 Å². The van der Waals surface area contributed by atoms with Crippen LogP contribution in [0.3, 0.4) is 0 Å². The lowest BCUT2D eigenvalue weighted by molar-refractivity contribution is -0.118. The van der Waals surface area contributed by atoms with Crippen LogP contribution in [0.2, 0.25) is 0 Å². The zero-order chi connectivity index (χ0) is 19.1. The molecule has 2 aromatic carbocycles. The van der Waals surface area contributed by atoms with Crippen molar-refractivity contribution in [1.29, 1.82) is 0 Å². The molecule has 1 aliphatic rings. The lowest BCUT2D eigenvalue weighted by Gasteiger charge is -2.25. The molecule has 0 radical (unpaired) electrons. The van der Waals surface area contributed by atoms with Gasteiger partial charge >= 0.3 is 0 Å². The summed E-state index contributed by atoms with van der Waals surface area (Å²) in [6.45, 7) is 3.24. The fourth-order valence-corrected chi connectivity index (χ4v) is 3.06. The van der Waals surface area contributed by atoms with Crippen LogP contribution in [0.4, 0.5) is 11.4 Å². The molecule has 0 atom stereocenters. The predicted octanol–water partition coefficient (Wildman–Crippen LogP) is 2.90. The van der Waals surface area contributed by atoms with Crippen LogP contribution in [0.5, 0.6) is 0 Å². The van der Waals surface area contributed by atoms with Gasteiger partial charge in [-0.25, -0.2) is 0 Å². The summed E-state index contributed by atoms with van der Waals surface area (Å²) in [5.74, 6) is -0.134. The van der Waals surface area contributed by atoms with Gasteiger partial charge in [-0.1, -0.05) is 28.1 Å². The number of amides is 2. The Labute approximate surface area is 167 Å². The summed E-state index contributed by atoms with van der Waals surface area (Å²) in [4.78, 5) is 26.3. The van der Waals surface area contributed by atoms with E-state index in [1.165, 1.54) is 0 Å². The van der Waals surface area contributed by atoms with Gasteiger partial charge in [0.1, 0.15) is 0 Å². The van der Waals surface area contributed by atoms with Crippen molar-refractivity contribution in [3.8, 4) is 0 Å². The van der Waals surface area contributed by atoms with Crippen molar-refractivity contribution < 1.29 is 14.3 Å². The van der Waals surface area contributed by atoms with Gasteiger partial charge in [-0.3, -0.25) is 14.5 Å². The zero-order valence-electron chi connectivity index (χ0n) is 14.9. The number of nitrogens with zero attached hydrogens (tertiary/aromatic N) is 1. The van der Waals surface area contributed by atoms with Gasteiger partial charge in [0.25, 0.3) is 0 Å². The molecule has 0 saturated carbocycles. The predicted molar refractivity (Wildman–Crippen MR) is 109 cm³/mol. The van der Waals surface area contributed by atoms with Crippen molar-refractivity contribution >= 4 is 39.1 Å². The molecule has 3 rings (SSSR count). The lowest BCUT2D eigenvalue weighted by Crippen LogP contribution is -2.41. The minimum atomic E-state index is -0.0820. The van der Waals surface area contributed by atoms with Gasteiger partial charge in [-0.15, -0.1) is 0 Å². The molecular weight excluding hydrogens is 410 g/mol. The van der Waals surface area contributed by atoms with E-state index in [0.717, 1.165) is 23.1 Å². The van der Waals surface area contributed by atoms with E-state index in [2.05, 4.69) is 31.5 Å². The van der Waals surface area contributed by atoms with Crippen LogP contribution in [-0.4, -0.2) is 49.6 Å². The molecule has 0 aromatic heterocycles. The molecule has 2 aromatic rings. The molecule has 27 heavy (non-hydrogen) atoms. The van der Waals surface area contributed by atoms with Crippen LogP contribution in [0.15, 0.2) is 53.0 Å². The highest BCUT2D eigenvalue weighted by molar-refractivity contribution is 9.10. The number of anilines is 2. The lowest BCUT2D eigenvalue weighted by atomic mass is 10.1. The number of carbonyl (C=O) groups is 2. The summed E-state index contributed by atoms with van der Waals surface area (Å²) in [5.41, 5.74) is 2.35. The second kappa shape index (κ2) is 9.64. The quantitative estimate of drug-likeness (QED) is 0.737. The summed E-state index contributed by atoms with van der Waals surface area (Å²) in [7, 11) is 0. The first kappa shape index (κ1) is 19.5. The zero-order valence-corrected chi connectivity index (χ0v) is 16.5. The van der Waals surface area contributed by atoms with E-state index in [0.29, 0.717) is 37.6 Å². The van der Waals surface area contributed by atoms with Gasteiger partial charge in [-0.2, -0.15) is 0 Å². The second-order valence-electron chi connectivity index (χ2n) is 6.37. The molecule has 1 fully saturated rings. The largest absolute Gasteiger partial charge is 0.379 e. The van der Waals surface area contributed by atoms with E-state index in [9.17, 15) is 9.59 Å². The first-order chi connectivity index (χ1) is 13.1. The van der Waals surface area contributed by atoms with Gasteiger partial charge in [-0.05, 0) is 42.0 Å². The number of rotatable bonds is 6. The van der Waals surface area contributed by atoms with Crippen LogP contribution in [0.1, 0.15) is 5.56 Å². The normalized spacial score (nSPS) is 14.6. The molecule has 1 aliphatic heterocycles. The average molecular weight is 432 g/mol. The number of nitrogens with one attached hydrogen (secondary N) is 2. The Bertz CT molecular complexity index is 772. The third-order valence-electron chi connectivity index (χ3n) is 4.20. The number of benzene rings is 2. The van der Waals surface area contributed by atoms with Gasteiger partial charge in [0.2, 0.25) is 11.8 Å². The molecule has 1 saturated heterocycles. The standard InChI is InChI=1S/C20H22BrN3O3/c21-16-3-1-15(2-4-16)13-19(25)22-17-5-7-18(8-6-17)23-20(26)14-24-9-11-27-12-10-24/h1-8H,9-14H2,(H,22,25)(H,23,26). The Morgan fingerprint density at radius 2 is 1.44 bits per heavy atom. The monoisotopic (exact) mass is 431 g/mol. The van der Waals surface area contributed by atoms with Crippen LogP contribution in [0, 0.1) is 0 Å². The maximum absolute atomic E-state index is 12.1. The van der Waals surface area contributed by atoms with Crippen molar-refractivity contribution in [3.63, 3.8) is 0 Å². The molecular formula is C20H22BrN3O3. The maximum Gasteiger partial charge on any atom is 0.238 e. The number of ether oxygens (including phenoxy) is 1. The third-order valence-corrected chi connectivity index (χ3v) is 4.73. The van der Waals surface area contributed by atoms with Gasteiger partial charge in [0.05, 0.1) is 26.2 Å². The molecule has 142 valence electrons. The van der Waals surface area contributed by atoms with E-state index in [1.54, 1.807) is 24.3 Å². The molecule has 6 nitrogen and oxygen atoms in total. The first-order valence-electron chi connectivity index (χ1n) is 8.83. The molecule has 0 spiro atoms. The van der Waals surface area contributed by atoms with Crippen molar-refractivity contribution in [3.05, 3.63) is 58.6 Å². The number of hydrogen-bond acceptors (Lipinski definition) is 4. The second-order valence-corrected chi connectivity index (χ2v) is 7.28. The van der Waals surface area contributed by atoms with Gasteiger partial charge < -0.3 is 15.4 Å². The van der Waals surface area contributed by atoms with Crippen molar-refractivity contribution in [1.82, 2.24) is 4.90 Å². The first-order valence-corrected chi connectivity index (χ1v) is 9.62. The highest BCUT2D eigenvalue weighted by Crippen LogP contribution is 2.15.